The highest BCUT2D eigenvalue weighted by atomic mass is 35.5. The van der Waals surface area contributed by atoms with Crippen molar-refractivity contribution in [2.24, 2.45) is 0 Å². The number of rotatable bonds is 4. The van der Waals surface area contributed by atoms with Crippen molar-refractivity contribution in [1.29, 1.82) is 0 Å². The fraction of sp³-hybridized carbons (Fsp3) is 0.750. The molecule has 1 fully saturated rings. The van der Waals surface area contributed by atoms with Crippen LogP contribution in [0.4, 0.5) is 0 Å². The van der Waals surface area contributed by atoms with Crippen molar-refractivity contribution in [2.45, 2.75) is 39.2 Å². The van der Waals surface area contributed by atoms with E-state index in [4.69, 9.17) is 4.52 Å². The Morgan fingerprint density at radius 3 is 2.65 bits per heavy atom. The lowest BCUT2D eigenvalue weighted by atomic mass is 10.1. The van der Waals surface area contributed by atoms with Gasteiger partial charge in [-0.2, -0.15) is 11.8 Å². The van der Waals surface area contributed by atoms with E-state index in [9.17, 15) is 0 Å². The molecule has 0 radical (unpaired) electrons. The number of thioether (sulfide) groups is 1. The summed E-state index contributed by atoms with van der Waals surface area (Å²) in [5.41, 5.74) is 2.32. The smallest absolute Gasteiger partial charge is 0.137 e. The molecular formula is C12H21ClN2OS. The lowest BCUT2D eigenvalue weighted by Gasteiger charge is -2.22. The van der Waals surface area contributed by atoms with E-state index in [1.807, 2.05) is 13.8 Å². The van der Waals surface area contributed by atoms with Gasteiger partial charge < -0.3 is 9.84 Å². The highest BCUT2D eigenvalue weighted by Crippen LogP contribution is 2.17. The predicted octanol–water partition coefficient (Wildman–Crippen LogP) is 2.74. The summed E-state index contributed by atoms with van der Waals surface area (Å²) in [6.07, 6.45) is 3.66. The molecule has 0 atom stereocenters. The van der Waals surface area contributed by atoms with Gasteiger partial charge in [-0.15, -0.1) is 12.4 Å². The van der Waals surface area contributed by atoms with Crippen LogP contribution in [-0.2, 0) is 6.42 Å². The molecule has 17 heavy (non-hydrogen) atoms. The quantitative estimate of drug-likeness (QED) is 0.918. The van der Waals surface area contributed by atoms with Gasteiger partial charge in [-0.05, 0) is 51.2 Å². The zero-order chi connectivity index (χ0) is 11.4. The zero-order valence-corrected chi connectivity index (χ0v) is 12.1. The Kier molecular flexibility index (Phi) is 6.38. The third-order valence-electron chi connectivity index (χ3n) is 3.21. The van der Waals surface area contributed by atoms with Crippen LogP contribution < -0.4 is 5.32 Å². The van der Waals surface area contributed by atoms with Gasteiger partial charge in [0.2, 0.25) is 0 Å². The molecule has 3 nitrogen and oxygen atoms in total. The average molecular weight is 277 g/mol. The van der Waals surface area contributed by atoms with E-state index in [1.165, 1.54) is 29.9 Å². The molecule has 1 saturated heterocycles. The van der Waals surface area contributed by atoms with E-state index >= 15 is 0 Å². The average Bonchev–Trinajstić information content (AvgIpc) is 2.62. The van der Waals surface area contributed by atoms with Crippen LogP contribution in [-0.4, -0.2) is 29.2 Å². The molecule has 1 aromatic heterocycles. The molecule has 98 valence electrons. The monoisotopic (exact) mass is 276 g/mol. The first-order valence-electron chi connectivity index (χ1n) is 6.00. The molecule has 0 amide bonds. The van der Waals surface area contributed by atoms with E-state index in [1.54, 1.807) is 0 Å². The SMILES string of the molecule is Cc1noc(C)c1CCNC1CCSCC1.Cl. The van der Waals surface area contributed by atoms with Gasteiger partial charge in [-0.1, -0.05) is 5.16 Å². The lowest BCUT2D eigenvalue weighted by molar-refractivity contribution is 0.392. The Hall–Kier alpha value is -0.190. The molecular weight excluding hydrogens is 256 g/mol. The molecule has 1 aliphatic heterocycles. The van der Waals surface area contributed by atoms with Gasteiger partial charge in [0.15, 0.2) is 0 Å². The molecule has 1 aliphatic rings. The van der Waals surface area contributed by atoms with Crippen LogP contribution in [0.5, 0.6) is 0 Å². The van der Waals surface area contributed by atoms with E-state index in [-0.39, 0.29) is 12.4 Å². The van der Waals surface area contributed by atoms with Crippen LogP contribution >= 0.6 is 24.2 Å². The summed E-state index contributed by atoms with van der Waals surface area (Å²) in [5, 5.41) is 7.61. The molecule has 0 aromatic carbocycles. The number of hydrogen-bond acceptors (Lipinski definition) is 4. The number of halogens is 1. The van der Waals surface area contributed by atoms with Crippen LogP contribution in [0, 0.1) is 13.8 Å². The fourth-order valence-electron chi connectivity index (χ4n) is 2.16. The summed E-state index contributed by atoms with van der Waals surface area (Å²) in [4.78, 5) is 0. The van der Waals surface area contributed by atoms with E-state index in [2.05, 4.69) is 22.2 Å². The first-order valence-corrected chi connectivity index (χ1v) is 7.15. The second-order valence-electron chi connectivity index (χ2n) is 4.39. The Morgan fingerprint density at radius 1 is 1.35 bits per heavy atom. The standard InChI is InChI=1S/C12H20N2OS.ClH/c1-9-12(10(2)15-14-9)3-6-13-11-4-7-16-8-5-11;/h11,13H,3-8H2,1-2H3;1H. The van der Waals surface area contributed by atoms with Gasteiger partial charge in [0.25, 0.3) is 0 Å². The maximum atomic E-state index is 5.16. The number of aromatic nitrogens is 1. The minimum Gasteiger partial charge on any atom is -0.361 e. The first kappa shape index (κ1) is 14.9. The number of aryl methyl sites for hydroxylation is 2. The molecule has 2 heterocycles. The summed E-state index contributed by atoms with van der Waals surface area (Å²) in [6, 6.07) is 0.724. The summed E-state index contributed by atoms with van der Waals surface area (Å²) >= 11 is 2.07. The summed E-state index contributed by atoms with van der Waals surface area (Å²) < 4.78 is 5.16. The van der Waals surface area contributed by atoms with E-state index in [0.29, 0.717) is 0 Å². The van der Waals surface area contributed by atoms with Crippen LogP contribution in [0.15, 0.2) is 4.52 Å². The van der Waals surface area contributed by atoms with Gasteiger partial charge in [-0.3, -0.25) is 0 Å². The molecule has 2 rings (SSSR count). The Balaban J connectivity index is 0.00000144. The topological polar surface area (TPSA) is 38.1 Å². The Morgan fingerprint density at radius 2 is 2.06 bits per heavy atom. The molecule has 0 bridgehead atoms. The highest BCUT2D eigenvalue weighted by molar-refractivity contribution is 7.99. The van der Waals surface area contributed by atoms with Crippen molar-refractivity contribution in [3.05, 3.63) is 17.0 Å². The Bertz CT molecular complexity index is 318. The molecule has 1 aromatic rings. The van der Waals surface area contributed by atoms with Gasteiger partial charge in [0, 0.05) is 11.6 Å². The maximum absolute atomic E-state index is 5.16. The summed E-state index contributed by atoms with van der Waals surface area (Å²) in [5.74, 6) is 3.59. The van der Waals surface area contributed by atoms with Gasteiger partial charge in [0.1, 0.15) is 5.76 Å². The van der Waals surface area contributed by atoms with Crippen LogP contribution in [0.3, 0.4) is 0 Å². The fourth-order valence-corrected chi connectivity index (χ4v) is 3.27. The second-order valence-corrected chi connectivity index (χ2v) is 5.62. The molecule has 0 saturated carbocycles. The number of hydrogen-bond donors (Lipinski definition) is 1. The number of nitrogens with one attached hydrogen (secondary N) is 1. The van der Waals surface area contributed by atoms with Crippen LogP contribution in [0.2, 0.25) is 0 Å². The van der Waals surface area contributed by atoms with Crippen molar-refractivity contribution in [3.63, 3.8) is 0 Å². The van der Waals surface area contributed by atoms with Gasteiger partial charge in [0.05, 0.1) is 5.69 Å². The van der Waals surface area contributed by atoms with Gasteiger partial charge >= 0.3 is 0 Å². The van der Waals surface area contributed by atoms with Crippen molar-refractivity contribution in [2.75, 3.05) is 18.1 Å². The zero-order valence-electron chi connectivity index (χ0n) is 10.5. The molecule has 0 unspecified atom stereocenters. The third-order valence-corrected chi connectivity index (χ3v) is 4.26. The van der Waals surface area contributed by atoms with Gasteiger partial charge in [-0.25, -0.2) is 0 Å². The maximum Gasteiger partial charge on any atom is 0.137 e. The third kappa shape index (κ3) is 4.19. The minimum absolute atomic E-state index is 0. The van der Waals surface area contributed by atoms with Crippen molar-refractivity contribution in [1.82, 2.24) is 10.5 Å². The van der Waals surface area contributed by atoms with Crippen LogP contribution in [0.1, 0.15) is 29.9 Å². The first-order chi connectivity index (χ1) is 7.77. The summed E-state index contributed by atoms with van der Waals surface area (Å²) in [6.45, 7) is 5.05. The number of nitrogens with zero attached hydrogens (tertiary/aromatic N) is 1. The highest BCUT2D eigenvalue weighted by Gasteiger charge is 2.13. The molecule has 0 spiro atoms. The van der Waals surface area contributed by atoms with E-state index < -0.39 is 0 Å². The summed E-state index contributed by atoms with van der Waals surface area (Å²) in [7, 11) is 0. The van der Waals surface area contributed by atoms with Crippen molar-refractivity contribution < 1.29 is 4.52 Å². The second kappa shape index (κ2) is 7.29. The molecule has 5 heteroatoms. The minimum atomic E-state index is 0. The van der Waals surface area contributed by atoms with E-state index in [0.717, 1.165) is 30.5 Å². The normalized spacial score (nSPS) is 16.8. The van der Waals surface area contributed by atoms with Crippen LogP contribution in [0.25, 0.3) is 0 Å². The van der Waals surface area contributed by atoms with Crippen molar-refractivity contribution in [3.8, 4) is 0 Å². The van der Waals surface area contributed by atoms with Crippen molar-refractivity contribution >= 4 is 24.2 Å². The lowest BCUT2D eigenvalue weighted by Crippen LogP contribution is -2.34. The largest absolute Gasteiger partial charge is 0.361 e. The predicted molar refractivity (Wildman–Crippen MR) is 75.3 cm³/mol. The molecule has 1 N–H and O–H groups in total. The Labute approximate surface area is 114 Å². The molecule has 0 aliphatic carbocycles.